The first-order valence-corrected chi connectivity index (χ1v) is 13.4. The van der Waals surface area contributed by atoms with Crippen LogP contribution in [0.3, 0.4) is 0 Å². The largest absolute Gasteiger partial charge is 0.454 e. The van der Waals surface area contributed by atoms with Gasteiger partial charge in [-0.3, -0.25) is 0 Å². The van der Waals surface area contributed by atoms with E-state index in [1.54, 1.807) is 4.52 Å². The van der Waals surface area contributed by atoms with E-state index >= 15 is 0 Å². The quantitative estimate of drug-likeness (QED) is 0.208. The van der Waals surface area contributed by atoms with Gasteiger partial charge in [0.05, 0.1) is 5.52 Å². The smallest absolute Gasteiger partial charge is 0.235 e. The molecule has 0 radical (unpaired) electrons. The molecule has 0 unspecified atom stereocenters. The van der Waals surface area contributed by atoms with Crippen LogP contribution < -0.4 is 0 Å². The fourth-order valence-corrected chi connectivity index (χ4v) is 5.72. The van der Waals surface area contributed by atoms with Gasteiger partial charge in [0, 0.05) is 31.6 Å². The molecule has 9 heteroatoms. The Hall–Kier alpha value is -3.85. The summed E-state index contributed by atoms with van der Waals surface area (Å²) in [6.07, 6.45) is 0. The highest BCUT2D eigenvalue weighted by molar-refractivity contribution is 9.10. The topological polar surface area (TPSA) is 69.1 Å². The Morgan fingerprint density at radius 1 is 0.811 bits per heavy atom. The standard InChI is InChI=1S/C28H15BrClN5OS/c29-21-7-3-1-6-19(21)26-32-33-28-35(26)34-27(37-28)20-15-23(31-22-8-4-2-5-18(20)22)25-14-13-24(36-25)16-9-11-17(30)12-10-16/h1-15H. The fourth-order valence-electron chi connectivity index (χ4n) is 4.26. The van der Waals surface area contributed by atoms with Crippen molar-refractivity contribution in [3.63, 3.8) is 0 Å². The van der Waals surface area contributed by atoms with Crippen molar-refractivity contribution < 1.29 is 4.42 Å². The lowest BCUT2D eigenvalue weighted by atomic mass is 10.1. The van der Waals surface area contributed by atoms with Crippen LogP contribution in [0.15, 0.2) is 99.9 Å². The number of pyridine rings is 1. The third-order valence-corrected chi connectivity index (χ3v) is 7.91. The Morgan fingerprint density at radius 3 is 2.46 bits per heavy atom. The predicted octanol–water partition coefficient (Wildman–Crippen LogP) is 8.41. The number of para-hydroxylation sites is 1. The van der Waals surface area contributed by atoms with Crippen molar-refractivity contribution in [2.75, 3.05) is 0 Å². The van der Waals surface area contributed by atoms with E-state index in [4.69, 9.17) is 26.1 Å². The maximum atomic E-state index is 6.21. The maximum Gasteiger partial charge on any atom is 0.235 e. The molecule has 6 nitrogen and oxygen atoms in total. The van der Waals surface area contributed by atoms with Gasteiger partial charge >= 0.3 is 0 Å². The summed E-state index contributed by atoms with van der Waals surface area (Å²) < 4.78 is 8.94. The number of aromatic nitrogens is 5. The Kier molecular flexibility index (Phi) is 5.39. The number of hydrogen-bond acceptors (Lipinski definition) is 6. The zero-order valence-corrected chi connectivity index (χ0v) is 22.1. The van der Waals surface area contributed by atoms with Gasteiger partial charge in [-0.1, -0.05) is 69.2 Å². The molecule has 4 heterocycles. The summed E-state index contributed by atoms with van der Waals surface area (Å²) in [5, 5.41) is 16.2. The number of rotatable bonds is 4. The molecule has 0 aliphatic carbocycles. The lowest BCUT2D eigenvalue weighted by Crippen LogP contribution is -1.93. The van der Waals surface area contributed by atoms with Crippen LogP contribution in [0, 0.1) is 0 Å². The Labute approximate surface area is 228 Å². The van der Waals surface area contributed by atoms with E-state index in [9.17, 15) is 0 Å². The average molecular weight is 585 g/mol. The van der Waals surface area contributed by atoms with Gasteiger partial charge in [0.1, 0.15) is 16.5 Å². The van der Waals surface area contributed by atoms with E-state index < -0.39 is 0 Å². The fraction of sp³-hybridized carbons (Fsp3) is 0. The van der Waals surface area contributed by atoms with E-state index in [1.165, 1.54) is 11.3 Å². The first-order chi connectivity index (χ1) is 18.1. The second-order valence-corrected chi connectivity index (χ2v) is 10.6. The molecule has 7 rings (SSSR count). The second kappa shape index (κ2) is 8.92. The summed E-state index contributed by atoms with van der Waals surface area (Å²) in [6, 6.07) is 29.4. The summed E-state index contributed by atoms with van der Waals surface area (Å²) in [5.41, 5.74) is 4.42. The summed E-state index contributed by atoms with van der Waals surface area (Å²) in [6.45, 7) is 0. The molecule has 4 aromatic heterocycles. The molecule has 0 spiro atoms. The summed E-state index contributed by atoms with van der Waals surface area (Å²) in [4.78, 5) is 5.61. The highest BCUT2D eigenvalue weighted by Gasteiger charge is 2.19. The number of benzene rings is 3. The lowest BCUT2D eigenvalue weighted by molar-refractivity contribution is 0.595. The van der Waals surface area contributed by atoms with Gasteiger partial charge in [-0.05, 0) is 60.7 Å². The normalized spacial score (nSPS) is 11.5. The number of furan rings is 1. The molecule has 0 aliphatic rings. The molecule has 7 aromatic rings. The Bertz CT molecular complexity index is 1930. The van der Waals surface area contributed by atoms with Crippen LogP contribution in [0.4, 0.5) is 0 Å². The zero-order chi connectivity index (χ0) is 24.9. The molecule has 0 N–H and O–H groups in total. The minimum absolute atomic E-state index is 0.675. The molecule has 3 aromatic carbocycles. The van der Waals surface area contributed by atoms with Crippen molar-refractivity contribution >= 4 is 54.7 Å². The van der Waals surface area contributed by atoms with Crippen molar-refractivity contribution in [2.45, 2.75) is 0 Å². The minimum Gasteiger partial charge on any atom is -0.454 e. The van der Waals surface area contributed by atoms with E-state index in [2.05, 4.69) is 32.2 Å². The van der Waals surface area contributed by atoms with Crippen molar-refractivity contribution in [1.82, 2.24) is 24.8 Å². The van der Waals surface area contributed by atoms with Gasteiger partial charge in [-0.2, -0.15) is 9.61 Å². The van der Waals surface area contributed by atoms with Crippen molar-refractivity contribution in [3.8, 4) is 44.7 Å². The summed E-state index contributed by atoms with van der Waals surface area (Å²) >= 11 is 11.1. The molecule has 0 saturated carbocycles. The van der Waals surface area contributed by atoms with Gasteiger partial charge in [0.15, 0.2) is 11.6 Å². The zero-order valence-electron chi connectivity index (χ0n) is 19.0. The third kappa shape index (κ3) is 3.94. The highest BCUT2D eigenvalue weighted by Crippen LogP contribution is 2.37. The number of halogens is 2. The van der Waals surface area contributed by atoms with Crippen molar-refractivity contribution in [1.29, 1.82) is 0 Å². The van der Waals surface area contributed by atoms with E-state index in [0.717, 1.165) is 48.5 Å². The molecule has 37 heavy (non-hydrogen) atoms. The summed E-state index contributed by atoms with van der Waals surface area (Å²) in [7, 11) is 0. The van der Waals surface area contributed by atoms with Crippen LogP contribution in [0.1, 0.15) is 0 Å². The third-order valence-electron chi connectivity index (χ3n) is 6.04. The molecule has 0 amide bonds. The number of fused-ring (bicyclic) bond motifs is 2. The van der Waals surface area contributed by atoms with Crippen LogP contribution in [-0.2, 0) is 0 Å². The van der Waals surface area contributed by atoms with Crippen LogP contribution in [-0.4, -0.2) is 24.8 Å². The van der Waals surface area contributed by atoms with Crippen LogP contribution in [0.5, 0.6) is 0 Å². The van der Waals surface area contributed by atoms with Gasteiger partial charge in [0.25, 0.3) is 0 Å². The first-order valence-electron chi connectivity index (χ1n) is 11.4. The number of hydrogen-bond donors (Lipinski definition) is 0. The molecule has 0 bridgehead atoms. The SMILES string of the molecule is Clc1ccc(-c2ccc(-c3cc(-c4nn5c(-c6ccccc6Br)nnc5s4)c4ccccc4n3)o2)cc1. The van der Waals surface area contributed by atoms with Crippen molar-refractivity contribution in [3.05, 3.63) is 100 Å². The van der Waals surface area contributed by atoms with Crippen LogP contribution in [0.25, 0.3) is 60.6 Å². The number of nitrogens with zero attached hydrogens (tertiary/aromatic N) is 5. The van der Waals surface area contributed by atoms with Gasteiger partial charge < -0.3 is 4.42 Å². The maximum absolute atomic E-state index is 6.21. The van der Waals surface area contributed by atoms with Gasteiger partial charge in [-0.25, -0.2) is 4.98 Å². The highest BCUT2D eigenvalue weighted by atomic mass is 79.9. The monoisotopic (exact) mass is 583 g/mol. The van der Waals surface area contributed by atoms with Gasteiger partial charge in [0.2, 0.25) is 4.96 Å². The average Bonchev–Trinajstić information content (AvgIpc) is 3.66. The molecule has 0 saturated heterocycles. The molecular formula is C28H15BrClN5OS. The van der Waals surface area contributed by atoms with Crippen molar-refractivity contribution in [2.24, 2.45) is 0 Å². The first kappa shape index (κ1) is 22.4. The molecule has 0 atom stereocenters. The predicted molar refractivity (Wildman–Crippen MR) is 151 cm³/mol. The Balaban J connectivity index is 1.37. The second-order valence-electron chi connectivity index (χ2n) is 8.35. The molecule has 0 fully saturated rings. The van der Waals surface area contributed by atoms with E-state index in [-0.39, 0.29) is 0 Å². The minimum atomic E-state index is 0.675. The lowest BCUT2D eigenvalue weighted by Gasteiger charge is -2.06. The van der Waals surface area contributed by atoms with Crippen LogP contribution >= 0.6 is 38.9 Å². The molecule has 178 valence electrons. The van der Waals surface area contributed by atoms with E-state index in [1.807, 2.05) is 84.9 Å². The molecule has 0 aliphatic heterocycles. The van der Waals surface area contributed by atoms with Gasteiger partial charge in [-0.15, -0.1) is 10.2 Å². The summed E-state index contributed by atoms with van der Waals surface area (Å²) in [5.74, 6) is 2.11. The molecular weight excluding hydrogens is 570 g/mol. The van der Waals surface area contributed by atoms with E-state index in [0.29, 0.717) is 21.6 Å². The Morgan fingerprint density at radius 2 is 1.59 bits per heavy atom. The van der Waals surface area contributed by atoms with Crippen LogP contribution in [0.2, 0.25) is 5.02 Å².